The molecule has 0 N–H and O–H groups in total. The van der Waals surface area contributed by atoms with Crippen LogP contribution in [-0.4, -0.2) is 11.4 Å². The number of aliphatic imine (C=N–C) groups is 2. The largest absolute Gasteiger partial charge is 0.252 e. The Hall–Kier alpha value is -1.73. The number of benzene rings is 2. The molecule has 2 rings (SSSR count). The standard InChI is InChI=1S/C64H112N2.Ni/c1-7-13-19-20-21-22-23-24-25-26-27-28-29-30-31-32-33-34-35-36-37-38-44-50-64(66-62-55-59(47-41-16-10-4)52-60(56-62)48-42-17-11-5)63(49-43-18-12-6)65-61-53-57(45-39-14-8-2)51-58(54-61)46-40-15-9-3;/h51-56H,7-50H2,1-6H3;/b65-63+,66-64+;. The maximum atomic E-state index is 5.69. The Labute approximate surface area is 429 Å². The number of hydrogen-bond donors (Lipinski definition) is 0. The topological polar surface area (TPSA) is 24.7 Å². The molecule has 0 bridgehead atoms. The van der Waals surface area contributed by atoms with Crippen molar-refractivity contribution in [3.05, 3.63) is 58.7 Å². The molecule has 0 aliphatic rings. The Balaban J connectivity index is 0.0000224. The smallest absolute Gasteiger partial charge is 0.0639 e. The van der Waals surface area contributed by atoms with Crippen molar-refractivity contribution < 1.29 is 16.5 Å². The van der Waals surface area contributed by atoms with Gasteiger partial charge in [0.1, 0.15) is 0 Å². The first kappa shape index (κ1) is 63.3. The first-order valence-electron chi connectivity index (χ1n) is 30.0. The van der Waals surface area contributed by atoms with Gasteiger partial charge in [-0.2, -0.15) is 0 Å². The summed E-state index contributed by atoms with van der Waals surface area (Å²) in [5, 5.41) is 0. The fourth-order valence-corrected chi connectivity index (χ4v) is 9.97. The second-order valence-electron chi connectivity index (χ2n) is 20.9. The van der Waals surface area contributed by atoms with Crippen LogP contribution < -0.4 is 0 Å². The van der Waals surface area contributed by atoms with E-state index in [1.807, 2.05) is 0 Å². The van der Waals surface area contributed by atoms with Crippen molar-refractivity contribution in [3.8, 4) is 0 Å². The van der Waals surface area contributed by atoms with Crippen LogP contribution in [0, 0.1) is 0 Å². The molecule has 0 amide bonds. The van der Waals surface area contributed by atoms with Crippen molar-refractivity contribution >= 4 is 22.8 Å². The van der Waals surface area contributed by atoms with Gasteiger partial charge in [0.05, 0.1) is 22.8 Å². The van der Waals surface area contributed by atoms with Crippen molar-refractivity contribution in [1.29, 1.82) is 0 Å². The second kappa shape index (κ2) is 46.6. The van der Waals surface area contributed by atoms with Gasteiger partial charge in [-0.3, -0.25) is 9.98 Å². The van der Waals surface area contributed by atoms with Gasteiger partial charge < -0.3 is 0 Å². The van der Waals surface area contributed by atoms with Gasteiger partial charge in [-0.1, -0.05) is 259 Å². The molecule has 0 aliphatic heterocycles. The van der Waals surface area contributed by atoms with Crippen LogP contribution >= 0.6 is 0 Å². The predicted molar refractivity (Wildman–Crippen MR) is 301 cm³/mol. The second-order valence-corrected chi connectivity index (χ2v) is 20.9. The minimum Gasteiger partial charge on any atom is -0.252 e. The number of unbranched alkanes of at least 4 members (excludes halogenated alkanes) is 32. The molecule has 0 spiro atoms. The Morgan fingerprint density at radius 1 is 0.254 bits per heavy atom. The van der Waals surface area contributed by atoms with Gasteiger partial charge in [0.2, 0.25) is 0 Å². The zero-order valence-corrected chi connectivity index (χ0v) is 46.8. The van der Waals surface area contributed by atoms with E-state index in [4.69, 9.17) is 9.98 Å². The quantitative estimate of drug-likeness (QED) is 0.0359. The molecule has 0 radical (unpaired) electrons. The maximum Gasteiger partial charge on any atom is 0.0639 e. The predicted octanol–water partition coefficient (Wildman–Crippen LogP) is 22.4. The molecule has 2 aromatic rings. The van der Waals surface area contributed by atoms with E-state index >= 15 is 0 Å². The van der Waals surface area contributed by atoms with Crippen molar-refractivity contribution in [1.82, 2.24) is 0 Å². The molecule has 0 atom stereocenters. The first-order valence-corrected chi connectivity index (χ1v) is 30.0. The molecule has 0 heterocycles. The van der Waals surface area contributed by atoms with E-state index in [0.717, 1.165) is 38.5 Å². The molecule has 0 saturated carbocycles. The summed E-state index contributed by atoms with van der Waals surface area (Å²) in [6, 6.07) is 14.7. The third kappa shape index (κ3) is 35.1. The monoisotopic (exact) mass is 967 g/mol. The summed E-state index contributed by atoms with van der Waals surface area (Å²) in [5.41, 5.74) is 10.8. The van der Waals surface area contributed by atoms with Crippen molar-refractivity contribution in [2.24, 2.45) is 9.98 Å². The van der Waals surface area contributed by atoms with Crippen LogP contribution in [0.15, 0.2) is 46.4 Å². The Kier molecular flexibility index (Phi) is 44.1. The third-order valence-corrected chi connectivity index (χ3v) is 14.2. The molecule has 67 heavy (non-hydrogen) atoms. The molecule has 388 valence electrons. The molecule has 0 fully saturated rings. The van der Waals surface area contributed by atoms with Crippen LogP contribution in [0.1, 0.15) is 321 Å². The first-order chi connectivity index (χ1) is 32.6. The van der Waals surface area contributed by atoms with Crippen LogP contribution in [0.3, 0.4) is 0 Å². The van der Waals surface area contributed by atoms with Gasteiger partial charge >= 0.3 is 0 Å². The van der Waals surface area contributed by atoms with E-state index in [0.29, 0.717) is 0 Å². The van der Waals surface area contributed by atoms with E-state index in [2.05, 4.69) is 77.9 Å². The van der Waals surface area contributed by atoms with Crippen molar-refractivity contribution in [3.63, 3.8) is 0 Å². The average Bonchev–Trinajstić information content (AvgIpc) is 3.31. The van der Waals surface area contributed by atoms with Gasteiger partial charge in [-0.05, 0) is 124 Å². The molecule has 0 aromatic heterocycles. The minimum atomic E-state index is 0. The van der Waals surface area contributed by atoms with Gasteiger partial charge in [-0.15, -0.1) is 0 Å². The van der Waals surface area contributed by atoms with Crippen LogP contribution in [0.5, 0.6) is 0 Å². The van der Waals surface area contributed by atoms with Crippen LogP contribution in [0.4, 0.5) is 11.4 Å². The summed E-state index contributed by atoms with van der Waals surface area (Å²) >= 11 is 0. The molecule has 3 heteroatoms. The van der Waals surface area contributed by atoms with Crippen LogP contribution in [0.25, 0.3) is 0 Å². The molecule has 2 aromatic carbocycles. The fraction of sp³-hybridized carbons (Fsp3) is 0.781. The SMILES string of the molecule is CCCCCCCCCCCCCCCCCCCCCCCCCC(=N\c1cc(CCCCC)cc(CCCCC)c1)/C(CCCCC)=N/c1cc(CCCCC)cc(CCCCC)c1.[Ni]. The third-order valence-electron chi connectivity index (χ3n) is 14.2. The zero-order valence-electron chi connectivity index (χ0n) is 45.8. The fourth-order valence-electron chi connectivity index (χ4n) is 9.97. The molecule has 0 unspecified atom stereocenters. The summed E-state index contributed by atoms with van der Waals surface area (Å²) < 4.78 is 0. The summed E-state index contributed by atoms with van der Waals surface area (Å²) in [4.78, 5) is 11.4. The van der Waals surface area contributed by atoms with Crippen LogP contribution in [-0.2, 0) is 42.2 Å². The summed E-state index contributed by atoms with van der Waals surface area (Å²) in [6.45, 7) is 13.9. The van der Waals surface area contributed by atoms with Crippen molar-refractivity contribution in [2.75, 3.05) is 0 Å². The minimum absolute atomic E-state index is 0. The summed E-state index contributed by atoms with van der Waals surface area (Å²) in [7, 11) is 0. The van der Waals surface area contributed by atoms with E-state index in [1.165, 1.54) is 289 Å². The number of aryl methyl sites for hydroxylation is 4. The Morgan fingerprint density at radius 2 is 0.448 bits per heavy atom. The Bertz CT molecular complexity index is 1400. The molecule has 2 nitrogen and oxygen atoms in total. The molecular weight excluding hydrogens is 855 g/mol. The molecular formula is C64H112N2Ni. The normalized spacial score (nSPS) is 12.0. The molecule has 0 saturated heterocycles. The average molecular weight is 968 g/mol. The summed E-state index contributed by atoms with van der Waals surface area (Å²) in [5.74, 6) is 0. The van der Waals surface area contributed by atoms with Gasteiger partial charge in [0.15, 0.2) is 0 Å². The van der Waals surface area contributed by atoms with E-state index in [9.17, 15) is 0 Å². The van der Waals surface area contributed by atoms with E-state index in [1.54, 1.807) is 0 Å². The number of hydrogen-bond acceptors (Lipinski definition) is 2. The van der Waals surface area contributed by atoms with Gasteiger partial charge in [0.25, 0.3) is 0 Å². The summed E-state index contributed by atoms with van der Waals surface area (Å²) in [6.07, 6.45) is 58.5. The van der Waals surface area contributed by atoms with Crippen molar-refractivity contribution in [2.45, 2.75) is 324 Å². The van der Waals surface area contributed by atoms with Gasteiger partial charge in [0, 0.05) is 16.5 Å². The van der Waals surface area contributed by atoms with Crippen LogP contribution in [0.2, 0.25) is 0 Å². The van der Waals surface area contributed by atoms with E-state index in [-0.39, 0.29) is 16.5 Å². The number of nitrogens with zero attached hydrogens (tertiary/aromatic N) is 2. The molecule has 0 aliphatic carbocycles. The number of rotatable bonds is 47. The van der Waals surface area contributed by atoms with Gasteiger partial charge in [-0.25, -0.2) is 0 Å². The maximum absolute atomic E-state index is 5.69. The van der Waals surface area contributed by atoms with E-state index < -0.39 is 0 Å². The Morgan fingerprint density at radius 3 is 0.701 bits per heavy atom. The zero-order chi connectivity index (χ0) is 47.4.